The lowest BCUT2D eigenvalue weighted by atomic mass is 10.0. The molecule has 0 bridgehead atoms. The van der Waals surface area contributed by atoms with Crippen molar-refractivity contribution in [1.82, 2.24) is 9.97 Å². The van der Waals surface area contributed by atoms with E-state index >= 15 is 0 Å². The van der Waals surface area contributed by atoms with Crippen molar-refractivity contribution in [2.45, 2.75) is 0 Å². The first-order chi connectivity index (χ1) is 10.3. The van der Waals surface area contributed by atoms with Crippen LogP contribution in [-0.2, 0) is 0 Å². The number of aromatic amines is 1. The van der Waals surface area contributed by atoms with Gasteiger partial charge in [0, 0.05) is 22.7 Å². The third-order valence-corrected chi connectivity index (χ3v) is 4.39. The number of aromatic carboxylic acids is 1. The van der Waals surface area contributed by atoms with Gasteiger partial charge in [0.15, 0.2) is 0 Å². The Bertz CT molecular complexity index is 984. The summed E-state index contributed by atoms with van der Waals surface area (Å²) in [6.07, 6.45) is 1.54. The van der Waals surface area contributed by atoms with Gasteiger partial charge in [-0.25, -0.2) is 9.78 Å². The topological polar surface area (TPSA) is 66.0 Å². The molecular weight excluding hydrogens is 284 g/mol. The maximum absolute atomic E-state index is 11.3. The molecular formula is C16H10N2O2S. The Morgan fingerprint density at radius 3 is 2.81 bits per heavy atom. The minimum absolute atomic E-state index is 0.289. The van der Waals surface area contributed by atoms with E-state index < -0.39 is 5.97 Å². The zero-order chi connectivity index (χ0) is 14.4. The standard InChI is InChI=1S/C16H10N2O2S/c19-16(20)12-7-17-14-9(3-1-4-11(12)14)10-5-2-6-13-15(10)18-8-21-13/h1-8,17H,(H,19,20). The Labute approximate surface area is 123 Å². The first-order valence-corrected chi connectivity index (χ1v) is 7.29. The molecule has 4 rings (SSSR count). The molecule has 102 valence electrons. The molecule has 0 aliphatic carbocycles. The quantitative estimate of drug-likeness (QED) is 0.584. The average Bonchev–Trinajstić information content (AvgIpc) is 3.12. The van der Waals surface area contributed by atoms with E-state index in [9.17, 15) is 9.90 Å². The number of rotatable bonds is 2. The number of nitrogens with one attached hydrogen (secondary N) is 1. The minimum Gasteiger partial charge on any atom is -0.478 e. The third kappa shape index (κ3) is 1.75. The highest BCUT2D eigenvalue weighted by atomic mass is 32.1. The summed E-state index contributed by atoms with van der Waals surface area (Å²) in [5.74, 6) is -0.926. The van der Waals surface area contributed by atoms with Gasteiger partial charge in [0.1, 0.15) is 0 Å². The number of benzene rings is 2. The van der Waals surface area contributed by atoms with Crippen LogP contribution < -0.4 is 0 Å². The molecule has 0 saturated heterocycles. The number of carboxylic acids is 1. The summed E-state index contributed by atoms with van der Waals surface area (Å²) in [5.41, 5.74) is 5.87. The van der Waals surface area contributed by atoms with Gasteiger partial charge >= 0.3 is 5.97 Å². The fourth-order valence-corrected chi connectivity index (χ4v) is 3.36. The molecule has 0 unspecified atom stereocenters. The zero-order valence-electron chi connectivity index (χ0n) is 10.8. The Balaban J connectivity index is 2.07. The lowest BCUT2D eigenvalue weighted by molar-refractivity contribution is 0.0699. The summed E-state index contributed by atoms with van der Waals surface area (Å²) in [7, 11) is 0. The predicted octanol–water partition coefficient (Wildman–Crippen LogP) is 4.14. The molecule has 0 atom stereocenters. The van der Waals surface area contributed by atoms with Crippen molar-refractivity contribution in [2.75, 3.05) is 0 Å². The van der Waals surface area contributed by atoms with Crippen molar-refractivity contribution in [1.29, 1.82) is 0 Å². The van der Waals surface area contributed by atoms with Gasteiger partial charge in [-0.2, -0.15) is 0 Å². The Kier molecular flexibility index (Phi) is 2.55. The van der Waals surface area contributed by atoms with Gasteiger partial charge in [-0.1, -0.05) is 30.3 Å². The summed E-state index contributed by atoms with van der Waals surface area (Å²) in [6, 6.07) is 11.7. The summed E-state index contributed by atoms with van der Waals surface area (Å²) in [6.45, 7) is 0. The molecule has 0 radical (unpaired) electrons. The van der Waals surface area contributed by atoms with E-state index in [0.717, 1.165) is 26.9 Å². The van der Waals surface area contributed by atoms with Crippen LogP contribution in [-0.4, -0.2) is 21.0 Å². The maximum Gasteiger partial charge on any atom is 0.337 e. The fraction of sp³-hybridized carbons (Fsp3) is 0. The van der Waals surface area contributed by atoms with Crippen molar-refractivity contribution in [3.8, 4) is 11.1 Å². The monoisotopic (exact) mass is 294 g/mol. The molecule has 0 aliphatic rings. The molecule has 5 heteroatoms. The number of H-pyrrole nitrogens is 1. The first-order valence-electron chi connectivity index (χ1n) is 6.41. The summed E-state index contributed by atoms with van der Waals surface area (Å²) < 4.78 is 1.12. The average molecular weight is 294 g/mol. The first kappa shape index (κ1) is 12.1. The van der Waals surface area contributed by atoms with Crippen LogP contribution in [0, 0.1) is 0 Å². The molecule has 0 fully saturated rings. The van der Waals surface area contributed by atoms with E-state index in [-0.39, 0.29) is 5.56 Å². The van der Waals surface area contributed by atoms with Gasteiger partial charge in [0.2, 0.25) is 0 Å². The molecule has 4 nitrogen and oxygen atoms in total. The van der Waals surface area contributed by atoms with Gasteiger partial charge in [0.05, 0.1) is 26.8 Å². The highest BCUT2D eigenvalue weighted by Gasteiger charge is 2.15. The molecule has 2 heterocycles. The van der Waals surface area contributed by atoms with Crippen molar-refractivity contribution in [3.63, 3.8) is 0 Å². The molecule has 0 spiro atoms. The number of fused-ring (bicyclic) bond motifs is 2. The van der Waals surface area contributed by atoms with Crippen LogP contribution in [0.3, 0.4) is 0 Å². The number of carbonyl (C=O) groups is 1. The van der Waals surface area contributed by atoms with Crippen LogP contribution in [0.4, 0.5) is 0 Å². The highest BCUT2D eigenvalue weighted by Crippen LogP contribution is 2.34. The number of carboxylic acid groups (broad SMARTS) is 1. The van der Waals surface area contributed by atoms with Crippen LogP contribution in [0.2, 0.25) is 0 Å². The summed E-state index contributed by atoms with van der Waals surface area (Å²) in [5, 5.41) is 9.96. The number of aromatic nitrogens is 2. The molecule has 0 aliphatic heterocycles. The summed E-state index contributed by atoms with van der Waals surface area (Å²) >= 11 is 1.60. The molecule has 4 aromatic rings. The minimum atomic E-state index is -0.926. The number of nitrogens with zero attached hydrogens (tertiary/aromatic N) is 1. The molecule has 2 aromatic carbocycles. The van der Waals surface area contributed by atoms with Crippen LogP contribution in [0.5, 0.6) is 0 Å². The predicted molar refractivity (Wildman–Crippen MR) is 83.9 cm³/mol. The zero-order valence-corrected chi connectivity index (χ0v) is 11.6. The number of hydrogen-bond donors (Lipinski definition) is 2. The molecule has 21 heavy (non-hydrogen) atoms. The largest absolute Gasteiger partial charge is 0.478 e. The third-order valence-electron chi connectivity index (χ3n) is 3.60. The fourth-order valence-electron chi connectivity index (χ4n) is 2.66. The van der Waals surface area contributed by atoms with Gasteiger partial charge in [0.25, 0.3) is 0 Å². The van der Waals surface area contributed by atoms with Gasteiger partial charge < -0.3 is 10.1 Å². The molecule has 2 N–H and O–H groups in total. The second-order valence-corrected chi connectivity index (χ2v) is 5.63. The normalized spacial score (nSPS) is 11.2. The molecule has 0 saturated carbocycles. The van der Waals surface area contributed by atoms with Crippen molar-refractivity contribution >= 4 is 38.4 Å². The number of hydrogen-bond acceptors (Lipinski definition) is 3. The van der Waals surface area contributed by atoms with Gasteiger partial charge in [-0.15, -0.1) is 11.3 Å². The second kappa shape index (κ2) is 4.43. The van der Waals surface area contributed by atoms with Crippen LogP contribution in [0.1, 0.15) is 10.4 Å². The van der Waals surface area contributed by atoms with Gasteiger partial charge in [-0.05, 0) is 6.07 Å². The smallest absolute Gasteiger partial charge is 0.337 e. The lowest BCUT2D eigenvalue weighted by Gasteiger charge is -2.05. The van der Waals surface area contributed by atoms with Crippen molar-refractivity contribution < 1.29 is 9.90 Å². The van der Waals surface area contributed by atoms with Crippen molar-refractivity contribution in [3.05, 3.63) is 53.7 Å². The van der Waals surface area contributed by atoms with E-state index in [1.54, 1.807) is 11.3 Å². The van der Waals surface area contributed by atoms with E-state index in [0.29, 0.717) is 5.39 Å². The molecule has 2 aromatic heterocycles. The summed E-state index contributed by atoms with van der Waals surface area (Å²) in [4.78, 5) is 18.8. The number of para-hydroxylation sites is 2. The van der Waals surface area contributed by atoms with Crippen molar-refractivity contribution in [2.24, 2.45) is 0 Å². The van der Waals surface area contributed by atoms with E-state index in [4.69, 9.17) is 0 Å². The van der Waals surface area contributed by atoms with Crippen LogP contribution >= 0.6 is 11.3 Å². The van der Waals surface area contributed by atoms with Crippen LogP contribution in [0.15, 0.2) is 48.1 Å². The van der Waals surface area contributed by atoms with Crippen LogP contribution in [0.25, 0.3) is 32.2 Å². The Morgan fingerprint density at radius 1 is 1.14 bits per heavy atom. The lowest BCUT2D eigenvalue weighted by Crippen LogP contribution is -1.93. The van der Waals surface area contributed by atoms with Gasteiger partial charge in [-0.3, -0.25) is 0 Å². The Morgan fingerprint density at radius 2 is 1.95 bits per heavy atom. The SMILES string of the molecule is O=C(O)c1c[nH]c2c(-c3cccc4scnc34)cccc12. The highest BCUT2D eigenvalue weighted by molar-refractivity contribution is 7.16. The Hall–Kier alpha value is -2.66. The second-order valence-electron chi connectivity index (χ2n) is 4.74. The van der Waals surface area contributed by atoms with E-state index in [2.05, 4.69) is 9.97 Å². The number of thiazole rings is 1. The van der Waals surface area contributed by atoms with E-state index in [1.165, 1.54) is 6.20 Å². The molecule has 0 amide bonds. The van der Waals surface area contributed by atoms with E-state index in [1.807, 2.05) is 41.9 Å². The maximum atomic E-state index is 11.3.